The first-order chi connectivity index (χ1) is 9.24. The number of aryl methyl sites for hydroxylation is 1. The lowest BCUT2D eigenvalue weighted by Crippen LogP contribution is -2.45. The number of aromatic nitrogens is 2. The number of hydrogen-bond donors (Lipinski definition) is 2. The number of nitrogens with one attached hydrogen (secondary N) is 2. The number of H-pyrrole nitrogens is 1. The Morgan fingerprint density at radius 1 is 1.37 bits per heavy atom. The molecule has 0 saturated carbocycles. The second-order valence-corrected chi connectivity index (χ2v) is 5.07. The third-order valence-electron chi connectivity index (χ3n) is 3.65. The van der Waals surface area contributed by atoms with Gasteiger partial charge in [-0.2, -0.15) is 0 Å². The average Bonchev–Trinajstić information content (AvgIpc) is 2.45. The maximum absolute atomic E-state index is 11.7. The van der Waals surface area contributed by atoms with Gasteiger partial charge in [0.25, 0.3) is 5.56 Å². The summed E-state index contributed by atoms with van der Waals surface area (Å²) in [6.07, 6.45) is 2.93. The van der Waals surface area contributed by atoms with Crippen LogP contribution in [0.15, 0.2) is 10.9 Å². The van der Waals surface area contributed by atoms with Crippen LogP contribution in [-0.2, 0) is 6.42 Å². The van der Waals surface area contributed by atoms with Crippen LogP contribution in [0.1, 0.15) is 44.2 Å². The van der Waals surface area contributed by atoms with E-state index >= 15 is 0 Å². The number of aromatic amines is 1. The summed E-state index contributed by atoms with van der Waals surface area (Å²) in [4.78, 5) is 21.7. The highest BCUT2D eigenvalue weighted by Gasteiger charge is 2.23. The molecular weight excluding hydrogens is 240 g/mol. The van der Waals surface area contributed by atoms with E-state index in [9.17, 15) is 4.79 Å². The molecule has 0 aromatic carbocycles. The van der Waals surface area contributed by atoms with Crippen LogP contribution < -0.4 is 10.9 Å². The van der Waals surface area contributed by atoms with E-state index in [0.717, 1.165) is 57.0 Å². The molecule has 1 aliphatic rings. The highest BCUT2D eigenvalue weighted by Crippen LogP contribution is 2.22. The van der Waals surface area contributed by atoms with Crippen molar-refractivity contribution in [1.82, 2.24) is 20.2 Å². The molecule has 0 spiro atoms. The number of hydrogen-bond acceptors (Lipinski definition) is 4. The molecule has 0 bridgehead atoms. The van der Waals surface area contributed by atoms with Crippen LogP contribution in [0.4, 0.5) is 0 Å². The highest BCUT2D eigenvalue weighted by molar-refractivity contribution is 5.06. The largest absolute Gasteiger partial charge is 0.314 e. The quantitative estimate of drug-likeness (QED) is 0.835. The van der Waals surface area contributed by atoms with Crippen LogP contribution >= 0.6 is 0 Å². The Balaban J connectivity index is 2.26. The Morgan fingerprint density at radius 2 is 2.11 bits per heavy atom. The van der Waals surface area contributed by atoms with Gasteiger partial charge in [-0.15, -0.1) is 0 Å². The Hall–Kier alpha value is -1.20. The Kier molecular flexibility index (Phi) is 5.10. The molecule has 5 heteroatoms. The minimum atomic E-state index is -0.0295. The predicted octanol–water partition coefficient (Wildman–Crippen LogP) is 1.08. The molecular formula is C14H24N4O. The van der Waals surface area contributed by atoms with Gasteiger partial charge >= 0.3 is 0 Å². The van der Waals surface area contributed by atoms with Gasteiger partial charge in [-0.25, -0.2) is 4.98 Å². The Morgan fingerprint density at radius 3 is 2.74 bits per heavy atom. The van der Waals surface area contributed by atoms with E-state index in [2.05, 4.69) is 27.1 Å². The molecule has 19 heavy (non-hydrogen) atoms. The lowest BCUT2D eigenvalue weighted by atomic mass is 10.1. The molecule has 5 nitrogen and oxygen atoms in total. The van der Waals surface area contributed by atoms with E-state index in [-0.39, 0.29) is 11.6 Å². The molecule has 1 fully saturated rings. The van der Waals surface area contributed by atoms with Gasteiger partial charge in [0.1, 0.15) is 5.82 Å². The molecule has 106 valence electrons. The van der Waals surface area contributed by atoms with E-state index in [0.29, 0.717) is 0 Å². The number of piperazine rings is 1. The number of rotatable bonds is 5. The van der Waals surface area contributed by atoms with Crippen molar-refractivity contribution >= 4 is 0 Å². The van der Waals surface area contributed by atoms with E-state index < -0.39 is 0 Å². The lowest BCUT2D eigenvalue weighted by molar-refractivity contribution is 0.157. The topological polar surface area (TPSA) is 61.0 Å². The SMILES string of the molecule is CCCC(c1nc(CC)cc(=O)[nH]1)N1CCNCC1. The van der Waals surface area contributed by atoms with Crippen molar-refractivity contribution in [1.29, 1.82) is 0 Å². The summed E-state index contributed by atoms with van der Waals surface area (Å²) in [6.45, 7) is 8.27. The van der Waals surface area contributed by atoms with Crippen molar-refractivity contribution in [3.8, 4) is 0 Å². The first-order valence-corrected chi connectivity index (χ1v) is 7.29. The van der Waals surface area contributed by atoms with Crippen molar-refractivity contribution < 1.29 is 0 Å². The predicted molar refractivity (Wildman–Crippen MR) is 76.3 cm³/mol. The molecule has 0 radical (unpaired) electrons. The van der Waals surface area contributed by atoms with Gasteiger partial charge in [0.2, 0.25) is 0 Å². The van der Waals surface area contributed by atoms with Crippen LogP contribution in [0.25, 0.3) is 0 Å². The minimum absolute atomic E-state index is 0.0295. The van der Waals surface area contributed by atoms with Gasteiger partial charge in [0.15, 0.2) is 0 Å². The summed E-state index contributed by atoms with van der Waals surface area (Å²) in [6, 6.07) is 1.84. The zero-order valence-corrected chi connectivity index (χ0v) is 11.9. The average molecular weight is 264 g/mol. The van der Waals surface area contributed by atoms with Crippen LogP contribution in [0.5, 0.6) is 0 Å². The van der Waals surface area contributed by atoms with Crippen LogP contribution in [0.2, 0.25) is 0 Å². The molecule has 1 aromatic heterocycles. The van der Waals surface area contributed by atoms with Crippen LogP contribution in [0.3, 0.4) is 0 Å². The van der Waals surface area contributed by atoms with Crippen LogP contribution in [0, 0.1) is 0 Å². The van der Waals surface area contributed by atoms with E-state index in [1.807, 2.05) is 6.92 Å². The third kappa shape index (κ3) is 3.64. The Labute approximate surface area is 114 Å². The molecule has 1 saturated heterocycles. The first-order valence-electron chi connectivity index (χ1n) is 7.29. The fourth-order valence-electron chi connectivity index (χ4n) is 2.63. The second-order valence-electron chi connectivity index (χ2n) is 5.07. The lowest BCUT2D eigenvalue weighted by Gasteiger charge is -2.34. The van der Waals surface area contributed by atoms with Crippen molar-refractivity contribution in [3.05, 3.63) is 27.9 Å². The fraction of sp³-hybridized carbons (Fsp3) is 0.714. The van der Waals surface area contributed by atoms with Crippen molar-refractivity contribution in [3.63, 3.8) is 0 Å². The summed E-state index contributed by atoms with van der Waals surface area (Å²) < 4.78 is 0. The van der Waals surface area contributed by atoms with Gasteiger partial charge in [0, 0.05) is 37.9 Å². The summed E-state index contributed by atoms with van der Waals surface area (Å²) in [7, 11) is 0. The summed E-state index contributed by atoms with van der Waals surface area (Å²) >= 11 is 0. The molecule has 2 heterocycles. The summed E-state index contributed by atoms with van der Waals surface area (Å²) in [5.74, 6) is 0.841. The zero-order chi connectivity index (χ0) is 13.7. The van der Waals surface area contributed by atoms with Crippen molar-refractivity contribution in [2.75, 3.05) is 26.2 Å². The van der Waals surface area contributed by atoms with Crippen LogP contribution in [-0.4, -0.2) is 41.0 Å². The minimum Gasteiger partial charge on any atom is -0.314 e. The molecule has 0 aliphatic carbocycles. The molecule has 1 aromatic rings. The molecule has 0 amide bonds. The Bertz CT molecular complexity index is 451. The number of nitrogens with zero attached hydrogens (tertiary/aromatic N) is 2. The first kappa shape index (κ1) is 14.2. The standard InChI is InChI=1S/C14H24N4O/c1-3-5-12(18-8-6-15-7-9-18)14-16-11(4-2)10-13(19)17-14/h10,12,15H,3-9H2,1-2H3,(H,16,17,19). The molecule has 1 atom stereocenters. The zero-order valence-electron chi connectivity index (χ0n) is 11.9. The fourth-order valence-corrected chi connectivity index (χ4v) is 2.63. The van der Waals surface area contributed by atoms with E-state index in [4.69, 9.17) is 0 Å². The van der Waals surface area contributed by atoms with Gasteiger partial charge < -0.3 is 10.3 Å². The highest BCUT2D eigenvalue weighted by atomic mass is 16.1. The maximum atomic E-state index is 11.7. The molecule has 1 unspecified atom stereocenters. The summed E-state index contributed by atoms with van der Waals surface area (Å²) in [5.41, 5.74) is 0.855. The van der Waals surface area contributed by atoms with Crippen molar-refractivity contribution in [2.45, 2.75) is 39.2 Å². The smallest absolute Gasteiger partial charge is 0.251 e. The van der Waals surface area contributed by atoms with Gasteiger partial charge in [0.05, 0.1) is 6.04 Å². The molecule has 2 N–H and O–H groups in total. The summed E-state index contributed by atoms with van der Waals surface area (Å²) in [5, 5.41) is 3.36. The van der Waals surface area contributed by atoms with Gasteiger partial charge in [-0.05, 0) is 12.8 Å². The monoisotopic (exact) mass is 264 g/mol. The molecule has 1 aliphatic heterocycles. The second kappa shape index (κ2) is 6.82. The normalized spacial score (nSPS) is 18.4. The van der Waals surface area contributed by atoms with E-state index in [1.165, 1.54) is 0 Å². The van der Waals surface area contributed by atoms with Gasteiger partial charge in [-0.3, -0.25) is 9.69 Å². The third-order valence-corrected chi connectivity index (χ3v) is 3.65. The maximum Gasteiger partial charge on any atom is 0.251 e. The van der Waals surface area contributed by atoms with Crippen molar-refractivity contribution in [2.24, 2.45) is 0 Å². The van der Waals surface area contributed by atoms with Gasteiger partial charge in [-0.1, -0.05) is 20.3 Å². The van der Waals surface area contributed by atoms with E-state index in [1.54, 1.807) is 6.07 Å². The molecule has 2 rings (SSSR count).